The molecule has 104 valence electrons. The molecule has 1 heterocycles. The van der Waals surface area contributed by atoms with Crippen LogP contribution in [0.4, 0.5) is 9.80 Å². The highest BCUT2D eigenvalue weighted by atomic mass is 32.1. The Balaban J connectivity index is 2.34. The molecule has 2 amide bonds. The number of ether oxygens (including phenoxy) is 1. The fourth-order valence-corrected chi connectivity index (χ4v) is 2.73. The second-order valence-electron chi connectivity index (χ2n) is 3.93. The van der Waals surface area contributed by atoms with Gasteiger partial charge >= 0.3 is 6.09 Å². The smallest absolute Gasteiger partial charge is 0.412 e. The Labute approximate surface area is 120 Å². The zero-order chi connectivity index (χ0) is 14.5. The third-order valence-electron chi connectivity index (χ3n) is 2.55. The number of hydrogen-bond acceptors (Lipinski definition) is 4. The van der Waals surface area contributed by atoms with E-state index in [0.717, 1.165) is 10.4 Å². The minimum absolute atomic E-state index is 0.259. The normalized spacial score (nSPS) is 10.1. The minimum Gasteiger partial charge on any atom is -0.450 e. The van der Waals surface area contributed by atoms with Crippen molar-refractivity contribution >= 4 is 28.3 Å². The van der Waals surface area contributed by atoms with E-state index in [2.05, 4.69) is 5.32 Å². The second kappa shape index (κ2) is 6.21. The van der Waals surface area contributed by atoms with Crippen molar-refractivity contribution in [1.29, 1.82) is 0 Å². The lowest BCUT2D eigenvalue weighted by molar-refractivity contribution is 0.100. The lowest BCUT2D eigenvalue weighted by Crippen LogP contribution is -2.17. The molecule has 3 N–H and O–H groups in total. The summed E-state index contributed by atoms with van der Waals surface area (Å²) in [6.07, 6.45) is -0.600. The van der Waals surface area contributed by atoms with Gasteiger partial charge in [0.2, 0.25) is 0 Å². The molecule has 1 aromatic carbocycles. The maximum absolute atomic E-state index is 11.5. The Morgan fingerprint density at radius 2 is 2.00 bits per heavy atom. The number of thiophene rings is 1. The first kappa shape index (κ1) is 14.1. The highest BCUT2D eigenvalue weighted by molar-refractivity contribution is 7.20. The number of benzene rings is 1. The molecule has 0 fully saturated rings. The lowest BCUT2D eigenvalue weighted by Gasteiger charge is -2.03. The molecule has 0 aliphatic rings. The third-order valence-corrected chi connectivity index (χ3v) is 3.65. The van der Waals surface area contributed by atoms with E-state index < -0.39 is 12.0 Å². The van der Waals surface area contributed by atoms with Crippen LogP contribution in [0.5, 0.6) is 0 Å². The molecule has 0 unspecified atom stereocenters. The maximum atomic E-state index is 11.5. The number of nitrogens with two attached hydrogens (primary N) is 1. The van der Waals surface area contributed by atoms with Crippen molar-refractivity contribution in [2.45, 2.75) is 6.92 Å². The van der Waals surface area contributed by atoms with Gasteiger partial charge in [0.1, 0.15) is 5.00 Å². The number of rotatable bonds is 4. The van der Waals surface area contributed by atoms with Crippen molar-refractivity contribution < 1.29 is 14.3 Å². The van der Waals surface area contributed by atoms with Gasteiger partial charge in [-0.3, -0.25) is 10.1 Å². The minimum atomic E-state index is -0.600. The first-order chi connectivity index (χ1) is 9.61. The van der Waals surface area contributed by atoms with Crippen molar-refractivity contribution in [3.63, 3.8) is 0 Å². The van der Waals surface area contributed by atoms with Gasteiger partial charge in [-0.25, -0.2) is 4.79 Å². The van der Waals surface area contributed by atoms with Crippen LogP contribution in [0.2, 0.25) is 0 Å². The van der Waals surface area contributed by atoms with Crippen LogP contribution in [0, 0.1) is 0 Å². The van der Waals surface area contributed by atoms with Crippen LogP contribution in [0.1, 0.15) is 17.3 Å². The molecule has 0 bridgehead atoms. The Morgan fingerprint density at radius 1 is 1.30 bits per heavy atom. The van der Waals surface area contributed by atoms with E-state index in [-0.39, 0.29) is 12.2 Å². The Hall–Kier alpha value is -2.34. The molecule has 0 radical (unpaired) electrons. The predicted molar refractivity (Wildman–Crippen MR) is 78.9 cm³/mol. The summed E-state index contributed by atoms with van der Waals surface area (Å²) in [6, 6.07) is 11.2. The van der Waals surface area contributed by atoms with Crippen LogP contribution in [-0.2, 0) is 4.74 Å². The highest BCUT2D eigenvalue weighted by Crippen LogP contribution is 2.35. The molecular formula is C14H14N2O3S. The summed E-state index contributed by atoms with van der Waals surface area (Å²) in [5.41, 5.74) is 6.57. The quantitative estimate of drug-likeness (QED) is 0.907. The molecular weight excluding hydrogens is 276 g/mol. The molecule has 0 saturated carbocycles. The average molecular weight is 290 g/mol. The number of carbonyl (C=O) groups is 2. The molecule has 1 aromatic heterocycles. The van der Waals surface area contributed by atoms with E-state index >= 15 is 0 Å². The fourth-order valence-electron chi connectivity index (χ4n) is 1.67. The molecule has 0 spiro atoms. The standard InChI is InChI=1S/C14H14N2O3S/c1-2-19-14(18)16-13-10(12(15)17)8-11(20-13)9-6-4-3-5-7-9/h3-8H,2H2,1H3,(H2,15,17)(H,16,18). The van der Waals surface area contributed by atoms with Gasteiger partial charge in [0, 0.05) is 4.88 Å². The zero-order valence-electron chi connectivity index (χ0n) is 10.9. The monoisotopic (exact) mass is 290 g/mol. The van der Waals surface area contributed by atoms with Crippen LogP contribution < -0.4 is 11.1 Å². The number of amides is 2. The Bertz CT molecular complexity index is 623. The molecule has 2 rings (SSSR count). The van der Waals surface area contributed by atoms with Gasteiger partial charge in [0.15, 0.2) is 0 Å². The van der Waals surface area contributed by atoms with Crippen LogP contribution in [0.25, 0.3) is 10.4 Å². The van der Waals surface area contributed by atoms with Crippen molar-refractivity contribution in [3.05, 3.63) is 42.0 Å². The van der Waals surface area contributed by atoms with Gasteiger partial charge < -0.3 is 10.5 Å². The molecule has 0 aliphatic heterocycles. The second-order valence-corrected chi connectivity index (χ2v) is 4.98. The predicted octanol–water partition coefficient (Wildman–Crippen LogP) is 3.08. The number of carbonyl (C=O) groups excluding carboxylic acids is 2. The van der Waals surface area contributed by atoms with Gasteiger partial charge in [-0.05, 0) is 18.6 Å². The van der Waals surface area contributed by atoms with E-state index in [9.17, 15) is 9.59 Å². The summed E-state index contributed by atoms with van der Waals surface area (Å²) in [5, 5.41) is 2.94. The highest BCUT2D eigenvalue weighted by Gasteiger charge is 2.17. The summed E-state index contributed by atoms with van der Waals surface area (Å²) in [7, 11) is 0. The van der Waals surface area contributed by atoms with E-state index in [4.69, 9.17) is 10.5 Å². The van der Waals surface area contributed by atoms with Gasteiger partial charge in [0.25, 0.3) is 5.91 Å². The first-order valence-electron chi connectivity index (χ1n) is 6.04. The van der Waals surface area contributed by atoms with Gasteiger partial charge in [-0.15, -0.1) is 11.3 Å². The van der Waals surface area contributed by atoms with E-state index in [1.165, 1.54) is 11.3 Å². The Kier molecular flexibility index (Phi) is 4.37. The topological polar surface area (TPSA) is 81.4 Å². The maximum Gasteiger partial charge on any atom is 0.412 e. The molecule has 5 nitrogen and oxygen atoms in total. The van der Waals surface area contributed by atoms with Crippen molar-refractivity contribution in [3.8, 4) is 10.4 Å². The van der Waals surface area contributed by atoms with Crippen LogP contribution in [0.15, 0.2) is 36.4 Å². The lowest BCUT2D eigenvalue weighted by atomic mass is 10.1. The summed E-state index contributed by atoms with van der Waals surface area (Å²) in [6.45, 7) is 1.97. The molecule has 6 heteroatoms. The number of hydrogen-bond donors (Lipinski definition) is 2. The van der Waals surface area contributed by atoms with Crippen LogP contribution in [-0.4, -0.2) is 18.6 Å². The molecule has 0 aliphatic carbocycles. The molecule has 20 heavy (non-hydrogen) atoms. The molecule has 2 aromatic rings. The molecule has 0 atom stereocenters. The van der Waals surface area contributed by atoms with E-state index in [1.54, 1.807) is 13.0 Å². The van der Waals surface area contributed by atoms with Gasteiger partial charge in [-0.2, -0.15) is 0 Å². The summed E-state index contributed by atoms with van der Waals surface area (Å²) >= 11 is 1.28. The zero-order valence-corrected chi connectivity index (χ0v) is 11.7. The van der Waals surface area contributed by atoms with Gasteiger partial charge in [0.05, 0.1) is 12.2 Å². The number of anilines is 1. The summed E-state index contributed by atoms with van der Waals surface area (Å²) < 4.78 is 4.80. The third kappa shape index (κ3) is 3.16. The largest absolute Gasteiger partial charge is 0.450 e. The summed E-state index contributed by atoms with van der Waals surface area (Å²) in [4.78, 5) is 23.7. The molecule has 0 saturated heterocycles. The average Bonchev–Trinajstić information content (AvgIpc) is 2.84. The van der Waals surface area contributed by atoms with Crippen LogP contribution in [0.3, 0.4) is 0 Å². The van der Waals surface area contributed by atoms with Gasteiger partial charge in [-0.1, -0.05) is 30.3 Å². The number of primary amides is 1. The van der Waals surface area contributed by atoms with Crippen molar-refractivity contribution in [2.75, 3.05) is 11.9 Å². The SMILES string of the molecule is CCOC(=O)Nc1sc(-c2ccccc2)cc1C(N)=O. The van der Waals surface area contributed by atoms with E-state index in [0.29, 0.717) is 5.00 Å². The Morgan fingerprint density at radius 3 is 2.60 bits per heavy atom. The summed E-state index contributed by atoms with van der Waals surface area (Å²) in [5.74, 6) is -0.588. The van der Waals surface area contributed by atoms with Crippen LogP contribution >= 0.6 is 11.3 Å². The first-order valence-corrected chi connectivity index (χ1v) is 6.86. The number of nitrogens with one attached hydrogen (secondary N) is 1. The van der Waals surface area contributed by atoms with E-state index in [1.807, 2.05) is 30.3 Å². The van der Waals surface area contributed by atoms with Crippen molar-refractivity contribution in [2.24, 2.45) is 5.73 Å². The van der Waals surface area contributed by atoms with Crippen molar-refractivity contribution in [1.82, 2.24) is 0 Å². The fraction of sp³-hybridized carbons (Fsp3) is 0.143.